The number of hydrogen-bond donors (Lipinski definition) is 0. The molecule has 7 heteroatoms. The van der Waals surface area contributed by atoms with Crippen LogP contribution in [0.15, 0.2) is 47.6 Å². The van der Waals surface area contributed by atoms with Crippen LogP contribution in [0, 0.1) is 17.2 Å². The molecule has 2 aliphatic rings. The predicted molar refractivity (Wildman–Crippen MR) is 97.3 cm³/mol. The Bertz CT molecular complexity index is 941. The van der Waals surface area contributed by atoms with Crippen molar-refractivity contribution in [2.75, 3.05) is 18.0 Å². The molecule has 0 spiro atoms. The lowest BCUT2D eigenvalue weighted by Gasteiger charge is -2.37. The highest BCUT2D eigenvalue weighted by Gasteiger charge is 2.60. The maximum Gasteiger partial charge on any atom is 0.185 e. The Hall–Kier alpha value is -2.46. The Morgan fingerprint density at radius 1 is 1.12 bits per heavy atom. The average molecular weight is 368 g/mol. The number of rotatable bonds is 4. The molecule has 1 aromatic heterocycles. The van der Waals surface area contributed by atoms with Crippen molar-refractivity contribution in [2.24, 2.45) is 5.92 Å². The molecule has 1 saturated carbocycles. The van der Waals surface area contributed by atoms with Crippen molar-refractivity contribution in [2.45, 2.75) is 35.3 Å². The minimum Gasteiger partial charge on any atom is -0.370 e. The third kappa shape index (κ3) is 2.65. The van der Waals surface area contributed by atoms with E-state index in [0.717, 1.165) is 31.6 Å². The van der Waals surface area contributed by atoms with E-state index in [-0.39, 0.29) is 16.4 Å². The Morgan fingerprint density at radius 2 is 1.85 bits per heavy atom. The fourth-order valence-electron chi connectivity index (χ4n) is 4.17. The highest BCUT2D eigenvalue weighted by Crippen LogP contribution is 2.55. The standard InChI is InChI=1S/C19H20N4O2S/c20-13-15-3-1-2-4-18(15)26(24,25)19(8-9-19)16-6-11-23(12-7-16)17-5-10-21-22-14-17/h1-5,10,14,16H,6-9,11-12H2. The summed E-state index contributed by atoms with van der Waals surface area (Å²) in [5, 5.41) is 17.0. The SMILES string of the molecule is N#Cc1ccccc1S(=O)(=O)C1(C2CCN(c3ccnnc3)CC2)CC1. The molecule has 0 N–H and O–H groups in total. The summed E-state index contributed by atoms with van der Waals surface area (Å²) in [6.45, 7) is 1.63. The molecule has 0 unspecified atom stereocenters. The molecule has 1 aliphatic carbocycles. The van der Waals surface area contributed by atoms with E-state index in [1.165, 1.54) is 0 Å². The van der Waals surface area contributed by atoms with Crippen molar-refractivity contribution in [3.63, 3.8) is 0 Å². The average Bonchev–Trinajstić information content (AvgIpc) is 3.51. The van der Waals surface area contributed by atoms with Crippen LogP contribution in [0.5, 0.6) is 0 Å². The first-order valence-electron chi connectivity index (χ1n) is 8.84. The molecule has 1 aromatic carbocycles. The minimum absolute atomic E-state index is 0.130. The molecule has 2 heterocycles. The van der Waals surface area contributed by atoms with Crippen LogP contribution in [0.4, 0.5) is 5.69 Å². The maximum atomic E-state index is 13.4. The minimum atomic E-state index is -3.52. The zero-order valence-electron chi connectivity index (χ0n) is 14.4. The van der Waals surface area contributed by atoms with E-state index < -0.39 is 14.6 Å². The number of aromatic nitrogens is 2. The van der Waals surface area contributed by atoms with Gasteiger partial charge in [-0.05, 0) is 49.8 Å². The Kier molecular flexibility index (Phi) is 4.16. The summed E-state index contributed by atoms with van der Waals surface area (Å²) < 4.78 is 26.0. The van der Waals surface area contributed by atoms with E-state index in [4.69, 9.17) is 0 Å². The molecule has 134 valence electrons. The van der Waals surface area contributed by atoms with Crippen LogP contribution in [0.2, 0.25) is 0 Å². The number of nitriles is 1. The highest BCUT2D eigenvalue weighted by molar-refractivity contribution is 7.93. The molecule has 1 aliphatic heterocycles. The summed E-state index contributed by atoms with van der Waals surface area (Å²) in [6.07, 6.45) is 6.46. The summed E-state index contributed by atoms with van der Waals surface area (Å²) in [5.74, 6) is 0.130. The van der Waals surface area contributed by atoms with E-state index in [1.807, 2.05) is 12.1 Å². The van der Waals surface area contributed by atoms with Gasteiger partial charge >= 0.3 is 0 Å². The van der Waals surface area contributed by atoms with Crippen LogP contribution in [0.3, 0.4) is 0 Å². The lowest BCUT2D eigenvalue weighted by molar-refractivity contribution is 0.370. The van der Waals surface area contributed by atoms with Gasteiger partial charge in [0.15, 0.2) is 9.84 Å². The molecule has 4 rings (SSSR count). The quantitative estimate of drug-likeness (QED) is 0.824. The van der Waals surface area contributed by atoms with Crippen molar-refractivity contribution >= 4 is 15.5 Å². The molecule has 2 fully saturated rings. The molecule has 0 radical (unpaired) electrons. The van der Waals surface area contributed by atoms with E-state index in [1.54, 1.807) is 36.7 Å². The second-order valence-electron chi connectivity index (χ2n) is 7.04. The van der Waals surface area contributed by atoms with E-state index in [9.17, 15) is 13.7 Å². The Morgan fingerprint density at radius 3 is 2.46 bits per heavy atom. The third-order valence-corrected chi connectivity index (χ3v) is 8.49. The van der Waals surface area contributed by atoms with Crippen molar-refractivity contribution in [3.8, 4) is 6.07 Å². The number of piperidine rings is 1. The van der Waals surface area contributed by atoms with Crippen molar-refractivity contribution in [3.05, 3.63) is 48.3 Å². The van der Waals surface area contributed by atoms with Gasteiger partial charge in [-0.15, -0.1) is 0 Å². The number of hydrogen-bond acceptors (Lipinski definition) is 6. The van der Waals surface area contributed by atoms with Crippen molar-refractivity contribution in [1.29, 1.82) is 5.26 Å². The van der Waals surface area contributed by atoms with Crippen molar-refractivity contribution in [1.82, 2.24) is 10.2 Å². The van der Waals surface area contributed by atoms with Gasteiger partial charge in [0.2, 0.25) is 0 Å². The van der Waals surface area contributed by atoms with Crippen LogP contribution in [-0.2, 0) is 9.84 Å². The second kappa shape index (κ2) is 6.36. The molecule has 1 saturated heterocycles. The molecule has 0 atom stereocenters. The summed E-state index contributed by atoms with van der Waals surface area (Å²) in [6, 6.07) is 10.5. The first-order chi connectivity index (χ1) is 12.6. The van der Waals surface area contributed by atoms with Gasteiger partial charge in [0, 0.05) is 13.1 Å². The number of sulfone groups is 1. The molecular formula is C19H20N4O2S. The zero-order chi connectivity index (χ0) is 18.2. The van der Waals surface area contributed by atoms with Crippen LogP contribution in [0.1, 0.15) is 31.2 Å². The van der Waals surface area contributed by atoms with Crippen LogP contribution >= 0.6 is 0 Å². The highest BCUT2D eigenvalue weighted by atomic mass is 32.2. The summed E-state index contributed by atoms with van der Waals surface area (Å²) >= 11 is 0. The Labute approximate surface area is 153 Å². The predicted octanol–water partition coefficient (Wildman–Crippen LogP) is 2.57. The molecule has 26 heavy (non-hydrogen) atoms. The van der Waals surface area contributed by atoms with Crippen LogP contribution in [0.25, 0.3) is 0 Å². The summed E-state index contributed by atoms with van der Waals surface area (Å²) in [5.41, 5.74) is 1.28. The third-order valence-electron chi connectivity index (χ3n) is 5.75. The fourth-order valence-corrected chi connectivity index (χ4v) is 6.58. The summed E-state index contributed by atoms with van der Waals surface area (Å²) in [7, 11) is -3.52. The van der Waals surface area contributed by atoms with Gasteiger partial charge in [0.05, 0.1) is 33.3 Å². The molecule has 0 amide bonds. The van der Waals surface area contributed by atoms with E-state index >= 15 is 0 Å². The zero-order valence-corrected chi connectivity index (χ0v) is 15.2. The number of anilines is 1. The number of benzene rings is 1. The van der Waals surface area contributed by atoms with E-state index in [2.05, 4.69) is 15.1 Å². The van der Waals surface area contributed by atoms with Gasteiger partial charge in [0.25, 0.3) is 0 Å². The molecule has 6 nitrogen and oxygen atoms in total. The van der Waals surface area contributed by atoms with Gasteiger partial charge in [-0.3, -0.25) is 0 Å². The topological polar surface area (TPSA) is 87.0 Å². The lowest BCUT2D eigenvalue weighted by Crippen LogP contribution is -2.42. The molecular weight excluding hydrogens is 348 g/mol. The van der Waals surface area contributed by atoms with E-state index in [0.29, 0.717) is 12.8 Å². The van der Waals surface area contributed by atoms with Gasteiger partial charge < -0.3 is 4.90 Å². The van der Waals surface area contributed by atoms with Crippen molar-refractivity contribution < 1.29 is 8.42 Å². The lowest BCUT2D eigenvalue weighted by atomic mass is 9.91. The van der Waals surface area contributed by atoms with Gasteiger partial charge in [-0.25, -0.2) is 8.42 Å². The molecule has 0 bridgehead atoms. The second-order valence-corrected chi connectivity index (χ2v) is 9.30. The fraction of sp³-hybridized carbons (Fsp3) is 0.421. The first-order valence-corrected chi connectivity index (χ1v) is 10.3. The first kappa shape index (κ1) is 17.0. The molecule has 2 aromatic rings. The summed E-state index contributed by atoms with van der Waals surface area (Å²) in [4.78, 5) is 2.43. The van der Waals surface area contributed by atoms with Crippen LogP contribution in [-0.4, -0.2) is 36.5 Å². The smallest absolute Gasteiger partial charge is 0.185 e. The van der Waals surface area contributed by atoms with Gasteiger partial charge in [-0.2, -0.15) is 15.5 Å². The maximum absolute atomic E-state index is 13.4. The van der Waals surface area contributed by atoms with Gasteiger partial charge in [-0.1, -0.05) is 12.1 Å². The monoisotopic (exact) mass is 368 g/mol. The normalized spacial score (nSPS) is 19.7. The largest absolute Gasteiger partial charge is 0.370 e. The number of nitrogens with zero attached hydrogens (tertiary/aromatic N) is 4. The van der Waals surface area contributed by atoms with Crippen LogP contribution < -0.4 is 4.90 Å². The van der Waals surface area contributed by atoms with Gasteiger partial charge in [0.1, 0.15) is 6.07 Å². The Balaban J connectivity index is 1.56.